The molecule has 0 aliphatic rings. The van der Waals surface area contributed by atoms with Crippen molar-refractivity contribution in [3.05, 3.63) is 200 Å². The molecule has 0 unspecified atom stereocenters. The van der Waals surface area contributed by atoms with E-state index < -0.39 is 7.14 Å². The zero-order valence-corrected chi connectivity index (χ0v) is 26.2. The summed E-state index contributed by atoms with van der Waals surface area (Å²) in [6.07, 6.45) is 0. The Hall–Kier alpha value is -5.63. The molecule has 4 heteroatoms. The zero-order valence-electron chi connectivity index (χ0n) is 25.3. The molecule has 3 nitrogen and oxygen atoms in total. The van der Waals surface area contributed by atoms with Crippen molar-refractivity contribution in [3.8, 4) is 0 Å². The molecule has 0 aliphatic carbocycles. The Labute approximate surface area is 271 Å². The third kappa shape index (κ3) is 5.77. The number of nitrogens with zero attached hydrogens (tertiary/aromatic N) is 2. The van der Waals surface area contributed by atoms with Gasteiger partial charge in [0.15, 0.2) is 7.14 Å². The van der Waals surface area contributed by atoms with Crippen LogP contribution in [0.25, 0.3) is 0 Å². The highest BCUT2D eigenvalue weighted by Gasteiger charge is 2.30. The number of hydrogen-bond donors (Lipinski definition) is 0. The highest BCUT2D eigenvalue weighted by atomic mass is 31.2. The second kappa shape index (κ2) is 13.2. The van der Waals surface area contributed by atoms with Crippen LogP contribution < -0.4 is 25.7 Å². The van der Waals surface area contributed by atoms with Crippen molar-refractivity contribution in [1.29, 1.82) is 0 Å². The molecular formula is C42H33N2OP. The molecule has 222 valence electrons. The molecule has 0 saturated carbocycles. The maximum Gasteiger partial charge on any atom is 0.171 e. The van der Waals surface area contributed by atoms with E-state index in [2.05, 4.69) is 82.6 Å². The Morgan fingerprint density at radius 3 is 0.761 bits per heavy atom. The molecule has 46 heavy (non-hydrogen) atoms. The van der Waals surface area contributed by atoms with Crippen LogP contribution in [0, 0.1) is 0 Å². The zero-order chi connectivity index (χ0) is 31.2. The predicted molar refractivity (Wildman–Crippen MR) is 195 cm³/mol. The lowest BCUT2D eigenvalue weighted by atomic mass is 10.2. The predicted octanol–water partition coefficient (Wildman–Crippen LogP) is 10.3. The molecular weight excluding hydrogens is 579 g/mol. The van der Waals surface area contributed by atoms with Gasteiger partial charge in [-0.25, -0.2) is 0 Å². The van der Waals surface area contributed by atoms with E-state index in [0.29, 0.717) is 0 Å². The Morgan fingerprint density at radius 1 is 0.261 bits per heavy atom. The summed E-state index contributed by atoms with van der Waals surface area (Å²) in [4.78, 5) is 4.43. The fourth-order valence-corrected chi connectivity index (χ4v) is 8.54. The van der Waals surface area contributed by atoms with E-state index in [9.17, 15) is 0 Å². The number of hydrogen-bond acceptors (Lipinski definition) is 3. The lowest BCUT2D eigenvalue weighted by molar-refractivity contribution is 0.592. The van der Waals surface area contributed by atoms with Gasteiger partial charge in [0, 0.05) is 50.0 Å². The van der Waals surface area contributed by atoms with Crippen LogP contribution in [-0.4, -0.2) is 0 Å². The molecule has 0 amide bonds. The Kier molecular flexibility index (Phi) is 8.32. The van der Waals surface area contributed by atoms with Crippen LogP contribution in [0.2, 0.25) is 0 Å². The Balaban J connectivity index is 1.30. The summed E-state index contributed by atoms with van der Waals surface area (Å²) in [5.41, 5.74) is 6.23. The van der Waals surface area contributed by atoms with Crippen molar-refractivity contribution in [1.82, 2.24) is 0 Å². The maximum absolute atomic E-state index is 15.4. The van der Waals surface area contributed by atoms with Crippen LogP contribution >= 0.6 is 7.14 Å². The molecule has 0 saturated heterocycles. The summed E-state index contributed by atoms with van der Waals surface area (Å²) in [6.45, 7) is 0. The Bertz CT molecular complexity index is 1830. The van der Waals surface area contributed by atoms with E-state index >= 15 is 4.57 Å². The van der Waals surface area contributed by atoms with Crippen molar-refractivity contribution in [2.75, 3.05) is 9.80 Å². The largest absolute Gasteiger partial charge is 0.311 e. The van der Waals surface area contributed by atoms with Gasteiger partial charge in [-0.15, -0.1) is 0 Å². The second-order valence-electron chi connectivity index (χ2n) is 11.0. The van der Waals surface area contributed by atoms with Crippen LogP contribution in [0.3, 0.4) is 0 Å². The third-order valence-electron chi connectivity index (χ3n) is 8.12. The van der Waals surface area contributed by atoms with E-state index in [1.807, 2.05) is 127 Å². The molecule has 7 aromatic rings. The van der Waals surface area contributed by atoms with E-state index in [1.54, 1.807) is 0 Å². The summed E-state index contributed by atoms with van der Waals surface area (Å²) in [5.74, 6) is 0. The Morgan fingerprint density at radius 2 is 0.478 bits per heavy atom. The van der Waals surface area contributed by atoms with Crippen LogP contribution in [0.1, 0.15) is 0 Å². The first-order valence-electron chi connectivity index (χ1n) is 15.4. The molecule has 0 fully saturated rings. The molecule has 7 aromatic carbocycles. The number of anilines is 6. The van der Waals surface area contributed by atoms with Crippen LogP contribution in [-0.2, 0) is 4.57 Å². The monoisotopic (exact) mass is 612 g/mol. The van der Waals surface area contributed by atoms with Crippen LogP contribution in [0.15, 0.2) is 200 Å². The van der Waals surface area contributed by atoms with Gasteiger partial charge in [-0.3, -0.25) is 0 Å². The average molecular weight is 613 g/mol. The minimum absolute atomic E-state index is 0.791. The normalized spacial score (nSPS) is 11.1. The van der Waals surface area contributed by atoms with Crippen molar-refractivity contribution in [2.45, 2.75) is 0 Å². The molecule has 0 N–H and O–H groups in total. The minimum atomic E-state index is -3.20. The first kappa shape index (κ1) is 29.1. The molecule has 0 bridgehead atoms. The maximum atomic E-state index is 15.4. The highest BCUT2D eigenvalue weighted by Crippen LogP contribution is 2.44. The van der Waals surface area contributed by atoms with Gasteiger partial charge in [0.2, 0.25) is 0 Å². The molecule has 0 heterocycles. The highest BCUT2D eigenvalue weighted by molar-refractivity contribution is 7.85. The smallest absolute Gasteiger partial charge is 0.171 e. The SMILES string of the molecule is O=P(c1ccccc1)(c1ccc(N(c2ccccc2)c2ccccc2)cc1)c1ccc(N(c2ccccc2)c2ccccc2)cc1. The minimum Gasteiger partial charge on any atom is -0.311 e. The van der Waals surface area contributed by atoms with Crippen molar-refractivity contribution in [3.63, 3.8) is 0 Å². The van der Waals surface area contributed by atoms with Crippen LogP contribution in [0.4, 0.5) is 34.1 Å². The summed E-state index contributed by atoms with van der Waals surface area (Å²) in [7, 11) is -3.20. The molecule has 0 aliphatic heterocycles. The lowest BCUT2D eigenvalue weighted by Gasteiger charge is -2.27. The van der Waals surface area contributed by atoms with Gasteiger partial charge in [0.1, 0.15) is 0 Å². The van der Waals surface area contributed by atoms with Crippen molar-refractivity contribution < 1.29 is 4.57 Å². The van der Waals surface area contributed by atoms with Crippen LogP contribution in [0.5, 0.6) is 0 Å². The molecule has 0 atom stereocenters. The summed E-state index contributed by atoms with van der Waals surface area (Å²) < 4.78 is 15.4. The fraction of sp³-hybridized carbons (Fsp3) is 0. The van der Waals surface area contributed by atoms with Gasteiger partial charge in [0.05, 0.1) is 0 Å². The van der Waals surface area contributed by atoms with Crippen molar-refractivity contribution >= 4 is 57.2 Å². The van der Waals surface area contributed by atoms with Gasteiger partial charge >= 0.3 is 0 Å². The summed E-state index contributed by atoms with van der Waals surface area (Å²) >= 11 is 0. The first-order valence-corrected chi connectivity index (χ1v) is 17.1. The summed E-state index contributed by atoms with van der Waals surface area (Å²) in [6, 6.07) is 67.5. The van der Waals surface area contributed by atoms with Gasteiger partial charge in [0.25, 0.3) is 0 Å². The average Bonchev–Trinajstić information content (AvgIpc) is 3.14. The lowest BCUT2D eigenvalue weighted by Crippen LogP contribution is -2.25. The van der Waals surface area contributed by atoms with E-state index in [1.165, 1.54) is 0 Å². The molecule has 0 radical (unpaired) electrons. The molecule has 7 rings (SSSR count). The topological polar surface area (TPSA) is 23.6 Å². The van der Waals surface area contributed by atoms with Gasteiger partial charge < -0.3 is 14.4 Å². The van der Waals surface area contributed by atoms with Gasteiger partial charge in [-0.1, -0.05) is 103 Å². The first-order chi connectivity index (χ1) is 22.7. The van der Waals surface area contributed by atoms with E-state index in [-0.39, 0.29) is 0 Å². The third-order valence-corrected chi connectivity index (χ3v) is 11.2. The molecule has 0 spiro atoms. The number of rotatable bonds is 9. The summed E-state index contributed by atoms with van der Waals surface area (Å²) in [5, 5.41) is 2.39. The van der Waals surface area contributed by atoms with Crippen molar-refractivity contribution in [2.24, 2.45) is 0 Å². The van der Waals surface area contributed by atoms with E-state index in [0.717, 1.165) is 50.0 Å². The standard InChI is InChI=1S/C42H33N2OP/c45-46(40-24-14-5-15-25-40,41-30-26-38(27-31-41)43(34-16-6-1-7-17-34)35-18-8-2-9-19-35)42-32-28-39(29-33-42)44(36-20-10-3-11-21-36)37-22-12-4-13-23-37/h1-33H. The quantitative estimate of drug-likeness (QED) is 0.152. The number of para-hydroxylation sites is 4. The molecule has 0 aromatic heterocycles. The number of benzene rings is 7. The van der Waals surface area contributed by atoms with Gasteiger partial charge in [-0.2, -0.15) is 0 Å². The fourth-order valence-electron chi connectivity index (χ4n) is 5.91. The second-order valence-corrected chi connectivity index (χ2v) is 13.8. The van der Waals surface area contributed by atoms with Gasteiger partial charge in [-0.05, 0) is 97.1 Å². The van der Waals surface area contributed by atoms with E-state index in [4.69, 9.17) is 0 Å².